The van der Waals surface area contributed by atoms with Crippen LogP contribution in [0.15, 0.2) is 0 Å². The van der Waals surface area contributed by atoms with E-state index >= 15 is 0 Å². The third-order valence-corrected chi connectivity index (χ3v) is 2.04. The smallest absolute Gasteiger partial charge is 0.306 e. The quantitative estimate of drug-likeness (QED) is 0.475. The van der Waals surface area contributed by atoms with Crippen molar-refractivity contribution in [2.75, 3.05) is 6.54 Å². The maximum atomic E-state index is 11.1. The molecule has 4 nitrogen and oxygen atoms in total. The summed E-state index contributed by atoms with van der Waals surface area (Å²) < 4.78 is 5.03. The van der Waals surface area contributed by atoms with E-state index < -0.39 is 0 Å². The van der Waals surface area contributed by atoms with Crippen LogP contribution in [0.4, 0.5) is 0 Å². The molecule has 0 heterocycles. The Morgan fingerprint density at radius 3 is 2.77 bits per heavy atom. The number of carbonyl (C=O) groups is 2. The minimum absolute atomic E-state index is 0.0521. The second-order valence-corrected chi connectivity index (χ2v) is 3.40. The second kappa shape index (κ2) is 4.97. The zero-order valence-corrected chi connectivity index (χ0v) is 7.57. The van der Waals surface area contributed by atoms with Gasteiger partial charge in [0.05, 0.1) is 0 Å². The van der Waals surface area contributed by atoms with E-state index in [1.165, 1.54) is 0 Å². The molecule has 0 spiro atoms. The lowest BCUT2D eigenvalue weighted by atomic mass is 10.0. The van der Waals surface area contributed by atoms with Crippen LogP contribution in [0.2, 0.25) is 0 Å². The van der Waals surface area contributed by atoms with Crippen molar-refractivity contribution in [3.05, 3.63) is 0 Å². The van der Waals surface area contributed by atoms with Gasteiger partial charge in [-0.25, -0.2) is 0 Å². The van der Waals surface area contributed by atoms with E-state index in [1.807, 2.05) is 0 Å². The molecular weight excluding hydrogens is 170 g/mol. The Labute approximate surface area is 77.4 Å². The first-order valence-electron chi connectivity index (χ1n) is 4.59. The Kier molecular flexibility index (Phi) is 3.89. The Balaban J connectivity index is 2.18. The molecule has 0 aliphatic heterocycles. The monoisotopic (exact) mass is 185 g/mol. The van der Waals surface area contributed by atoms with Gasteiger partial charge in [0.1, 0.15) is 12.4 Å². The van der Waals surface area contributed by atoms with Crippen molar-refractivity contribution < 1.29 is 14.3 Å². The first-order chi connectivity index (χ1) is 6.26. The summed E-state index contributed by atoms with van der Waals surface area (Å²) in [5.41, 5.74) is 5.39. The van der Waals surface area contributed by atoms with Crippen molar-refractivity contribution in [2.24, 2.45) is 11.7 Å². The standard InChI is InChI=1S/C9H15NO3/c10-6-7(3-4-11)5-9(12)13-8-1-2-8/h4,7-8H,1-3,5-6,10H2. The summed E-state index contributed by atoms with van der Waals surface area (Å²) in [7, 11) is 0. The van der Waals surface area contributed by atoms with Gasteiger partial charge < -0.3 is 15.3 Å². The fourth-order valence-electron chi connectivity index (χ4n) is 1.05. The van der Waals surface area contributed by atoms with Crippen LogP contribution in [0.3, 0.4) is 0 Å². The number of hydrogen-bond donors (Lipinski definition) is 1. The van der Waals surface area contributed by atoms with Gasteiger partial charge in [-0.3, -0.25) is 4.79 Å². The third-order valence-electron chi connectivity index (χ3n) is 2.04. The summed E-state index contributed by atoms with van der Waals surface area (Å²) in [4.78, 5) is 21.3. The Morgan fingerprint density at radius 1 is 1.62 bits per heavy atom. The molecular formula is C9H15NO3. The van der Waals surface area contributed by atoms with Gasteiger partial charge >= 0.3 is 5.97 Å². The molecule has 0 radical (unpaired) electrons. The summed E-state index contributed by atoms with van der Waals surface area (Å²) in [6.07, 6.45) is 3.51. The molecule has 1 aliphatic carbocycles. The number of carbonyl (C=O) groups excluding carboxylic acids is 2. The highest BCUT2D eigenvalue weighted by atomic mass is 16.5. The van der Waals surface area contributed by atoms with Crippen LogP contribution in [0.25, 0.3) is 0 Å². The van der Waals surface area contributed by atoms with Crippen molar-refractivity contribution in [2.45, 2.75) is 31.8 Å². The van der Waals surface area contributed by atoms with Crippen LogP contribution < -0.4 is 5.73 Å². The number of aldehydes is 1. The van der Waals surface area contributed by atoms with Crippen molar-refractivity contribution in [1.82, 2.24) is 0 Å². The fourth-order valence-corrected chi connectivity index (χ4v) is 1.05. The average molecular weight is 185 g/mol. The van der Waals surface area contributed by atoms with Gasteiger partial charge in [0, 0.05) is 12.8 Å². The Hall–Kier alpha value is -0.900. The largest absolute Gasteiger partial charge is 0.462 e. The molecule has 1 fully saturated rings. The molecule has 1 rings (SSSR count). The van der Waals surface area contributed by atoms with Crippen molar-refractivity contribution in [1.29, 1.82) is 0 Å². The molecule has 13 heavy (non-hydrogen) atoms. The van der Waals surface area contributed by atoms with Gasteiger partial charge in [0.15, 0.2) is 0 Å². The summed E-state index contributed by atoms with van der Waals surface area (Å²) in [6.45, 7) is 0.360. The zero-order chi connectivity index (χ0) is 9.68. The van der Waals surface area contributed by atoms with Gasteiger partial charge in [-0.2, -0.15) is 0 Å². The van der Waals surface area contributed by atoms with Crippen LogP contribution in [0.5, 0.6) is 0 Å². The van der Waals surface area contributed by atoms with E-state index in [4.69, 9.17) is 10.5 Å². The van der Waals surface area contributed by atoms with E-state index in [9.17, 15) is 9.59 Å². The molecule has 1 saturated carbocycles. The lowest BCUT2D eigenvalue weighted by molar-refractivity contribution is -0.145. The predicted molar refractivity (Wildman–Crippen MR) is 47.0 cm³/mol. The maximum absolute atomic E-state index is 11.1. The Morgan fingerprint density at radius 2 is 2.31 bits per heavy atom. The first-order valence-corrected chi connectivity index (χ1v) is 4.59. The fraction of sp³-hybridized carbons (Fsp3) is 0.778. The zero-order valence-electron chi connectivity index (χ0n) is 7.57. The van der Waals surface area contributed by atoms with Gasteiger partial charge in [-0.15, -0.1) is 0 Å². The summed E-state index contributed by atoms with van der Waals surface area (Å²) in [5.74, 6) is -0.274. The van der Waals surface area contributed by atoms with E-state index in [-0.39, 0.29) is 24.4 Å². The molecule has 0 amide bonds. The van der Waals surface area contributed by atoms with Gasteiger partial charge in [-0.1, -0.05) is 0 Å². The number of ether oxygens (including phenoxy) is 1. The van der Waals surface area contributed by atoms with E-state index in [0.29, 0.717) is 13.0 Å². The van der Waals surface area contributed by atoms with Crippen molar-refractivity contribution >= 4 is 12.3 Å². The number of hydrogen-bond acceptors (Lipinski definition) is 4. The molecule has 4 heteroatoms. The van der Waals surface area contributed by atoms with E-state index in [0.717, 1.165) is 19.1 Å². The number of rotatable bonds is 6. The van der Waals surface area contributed by atoms with E-state index in [2.05, 4.69) is 0 Å². The minimum atomic E-state index is -0.222. The third kappa shape index (κ3) is 4.03. The molecule has 1 atom stereocenters. The van der Waals surface area contributed by atoms with Crippen LogP contribution >= 0.6 is 0 Å². The van der Waals surface area contributed by atoms with Crippen LogP contribution in [0.1, 0.15) is 25.7 Å². The molecule has 74 valence electrons. The molecule has 0 aromatic rings. The first kappa shape index (κ1) is 10.2. The molecule has 1 aliphatic rings. The predicted octanol–water partition coefficient (Wildman–Crippen LogP) is 0.246. The molecule has 0 aromatic carbocycles. The summed E-state index contributed by atoms with van der Waals surface area (Å²) in [5, 5.41) is 0. The molecule has 0 saturated heterocycles. The molecule has 0 bridgehead atoms. The average Bonchev–Trinajstić information content (AvgIpc) is 2.87. The molecule has 1 unspecified atom stereocenters. The molecule has 0 aromatic heterocycles. The van der Waals surface area contributed by atoms with Gasteiger partial charge in [0.2, 0.25) is 0 Å². The lowest BCUT2D eigenvalue weighted by Gasteiger charge is -2.09. The lowest BCUT2D eigenvalue weighted by Crippen LogP contribution is -2.20. The minimum Gasteiger partial charge on any atom is -0.462 e. The van der Waals surface area contributed by atoms with Crippen LogP contribution in [0, 0.1) is 5.92 Å². The highest BCUT2D eigenvalue weighted by Crippen LogP contribution is 2.24. The molecule has 2 N–H and O–H groups in total. The highest BCUT2D eigenvalue weighted by Gasteiger charge is 2.26. The normalized spacial score (nSPS) is 17.9. The topological polar surface area (TPSA) is 69.4 Å². The van der Waals surface area contributed by atoms with Crippen LogP contribution in [-0.4, -0.2) is 24.9 Å². The van der Waals surface area contributed by atoms with Gasteiger partial charge in [0.25, 0.3) is 0 Å². The van der Waals surface area contributed by atoms with E-state index in [1.54, 1.807) is 0 Å². The van der Waals surface area contributed by atoms with Gasteiger partial charge in [-0.05, 0) is 25.3 Å². The summed E-state index contributed by atoms with van der Waals surface area (Å²) >= 11 is 0. The van der Waals surface area contributed by atoms with Crippen molar-refractivity contribution in [3.63, 3.8) is 0 Å². The number of nitrogens with two attached hydrogens (primary N) is 1. The number of esters is 1. The maximum Gasteiger partial charge on any atom is 0.306 e. The van der Waals surface area contributed by atoms with Crippen molar-refractivity contribution in [3.8, 4) is 0 Å². The highest BCUT2D eigenvalue weighted by molar-refractivity contribution is 5.70. The second-order valence-electron chi connectivity index (χ2n) is 3.40. The Bertz CT molecular complexity index is 189. The van der Waals surface area contributed by atoms with Crippen LogP contribution in [-0.2, 0) is 14.3 Å². The SMILES string of the molecule is NCC(CC=O)CC(=O)OC1CC1. The summed E-state index contributed by atoms with van der Waals surface area (Å²) in [6, 6.07) is 0.